The van der Waals surface area contributed by atoms with Crippen molar-refractivity contribution in [2.75, 3.05) is 32.8 Å². The molecular weight excluding hydrogens is 399 g/mol. The lowest BCUT2D eigenvalue weighted by atomic mass is 9.90. The van der Waals surface area contributed by atoms with E-state index in [1.54, 1.807) is 17.0 Å². The lowest BCUT2D eigenvalue weighted by Crippen LogP contribution is -2.62. The van der Waals surface area contributed by atoms with E-state index in [0.717, 1.165) is 37.0 Å². The molecule has 9 heteroatoms. The van der Waals surface area contributed by atoms with Crippen molar-refractivity contribution >= 4 is 11.9 Å². The summed E-state index contributed by atoms with van der Waals surface area (Å²) in [6.45, 7) is 2.43. The van der Waals surface area contributed by atoms with Crippen LogP contribution in [0.1, 0.15) is 30.4 Å². The number of likely N-dealkylation sites (tertiary alicyclic amines) is 2. The topological polar surface area (TPSA) is 61.9 Å². The first kappa shape index (κ1) is 21.0. The van der Waals surface area contributed by atoms with Gasteiger partial charge in [-0.3, -0.25) is 4.79 Å². The molecule has 3 amide bonds. The monoisotopic (exact) mass is 425 g/mol. The predicted octanol–water partition coefficient (Wildman–Crippen LogP) is 2.67. The normalized spacial score (nSPS) is 25.6. The van der Waals surface area contributed by atoms with Crippen LogP contribution in [-0.4, -0.2) is 66.7 Å². The summed E-state index contributed by atoms with van der Waals surface area (Å²) in [6, 6.07) is 5.19. The van der Waals surface area contributed by atoms with Gasteiger partial charge in [-0.1, -0.05) is 12.1 Å². The minimum atomic E-state index is -4.31. The highest BCUT2D eigenvalue weighted by Gasteiger charge is 2.38. The number of piperidine rings is 2. The zero-order chi connectivity index (χ0) is 21.3. The average molecular weight is 425 g/mol. The Kier molecular flexibility index (Phi) is 5.90. The maximum atomic E-state index is 12.9. The van der Waals surface area contributed by atoms with Gasteiger partial charge in [0.05, 0.1) is 17.7 Å². The molecule has 3 aliphatic heterocycles. The van der Waals surface area contributed by atoms with Gasteiger partial charge in [-0.2, -0.15) is 13.2 Å². The summed E-state index contributed by atoms with van der Waals surface area (Å²) in [5, 5.41) is 2.91. The second-order valence-corrected chi connectivity index (χ2v) is 8.37. The van der Waals surface area contributed by atoms with Crippen LogP contribution in [0.5, 0.6) is 0 Å². The fourth-order valence-corrected chi connectivity index (χ4v) is 4.57. The van der Waals surface area contributed by atoms with Crippen LogP contribution in [-0.2, 0) is 22.1 Å². The van der Waals surface area contributed by atoms with Gasteiger partial charge in [-0.25, -0.2) is 4.79 Å². The number of fused-ring (bicyclic) bond motifs is 1. The van der Waals surface area contributed by atoms with Gasteiger partial charge in [-0.05, 0) is 49.3 Å². The van der Waals surface area contributed by atoms with Crippen LogP contribution in [0.15, 0.2) is 24.3 Å². The molecule has 164 valence electrons. The van der Waals surface area contributed by atoms with Crippen LogP contribution in [0.3, 0.4) is 0 Å². The van der Waals surface area contributed by atoms with E-state index < -0.39 is 11.7 Å². The molecule has 1 N–H and O–H groups in total. The lowest BCUT2D eigenvalue weighted by molar-refractivity contribution is -0.140. The third kappa shape index (κ3) is 4.71. The highest BCUT2D eigenvalue weighted by atomic mass is 19.4. The molecule has 3 fully saturated rings. The molecule has 2 atom stereocenters. The zero-order valence-electron chi connectivity index (χ0n) is 16.7. The first-order chi connectivity index (χ1) is 14.3. The maximum absolute atomic E-state index is 12.9. The molecule has 0 bridgehead atoms. The number of amides is 3. The smallest absolute Gasteiger partial charge is 0.366 e. The molecule has 3 heterocycles. The first-order valence-electron chi connectivity index (χ1n) is 10.4. The standard InChI is InChI=1S/C21H26F3N3O3/c22-21(23,24)16-3-1-14(2-4-16)11-15-5-8-26(9-6-15)20(29)27-10-7-18-17(12-27)25-19(28)13-30-18/h1-4,15,17-18H,5-13H2,(H,25,28)/t17-,18-/m1/s1. The number of benzene rings is 1. The van der Waals surface area contributed by atoms with Crippen LogP contribution in [0, 0.1) is 5.92 Å². The Hall–Kier alpha value is -2.29. The first-order valence-corrected chi connectivity index (χ1v) is 10.4. The second-order valence-electron chi connectivity index (χ2n) is 8.37. The number of carbonyl (C=O) groups is 2. The molecule has 1 aromatic rings. The predicted molar refractivity (Wildman–Crippen MR) is 103 cm³/mol. The van der Waals surface area contributed by atoms with E-state index in [9.17, 15) is 22.8 Å². The van der Waals surface area contributed by atoms with Gasteiger partial charge >= 0.3 is 12.2 Å². The maximum Gasteiger partial charge on any atom is 0.416 e. The van der Waals surface area contributed by atoms with E-state index in [-0.39, 0.29) is 30.7 Å². The van der Waals surface area contributed by atoms with Crippen molar-refractivity contribution in [3.05, 3.63) is 35.4 Å². The lowest BCUT2D eigenvalue weighted by Gasteiger charge is -2.43. The van der Waals surface area contributed by atoms with Crippen molar-refractivity contribution in [1.29, 1.82) is 0 Å². The van der Waals surface area contributed by atoms with Crippen LogP contribution in [0.2, 0.25) is 0 Å². The van der Waals surface area contributed by atoms with Crippen molar-refractivity contribution in [3.63, 3.8) is 0 Å². The molecule has 0 aliphatic carbocycles. The number of nitrogens with one attached hydrogen (secondary N) is 1. The van der Waals surface area contributed by atoms with Crippen LogP contribution in [0.4, 0.5) is 18.0 Å². The molecule has 6 nitrogen and oxygen atoms in total. The van der Waals surface area contributed by atoms with Crippen molar-refractivity contribution < 1.29 is 27.5 Å². The third-order valence-electron chi connectivity index (χ3n) is 6.29. The van der Waals surface area contributed by atoms with E-state index in [4.69, 9.17) is 4.74 Å². The summed E-state index contributed by atoms with van der Waals surface area (Å²) in [6.07, 6.45) is -1.26. The van der Waals surface area contributed by atoms with Crippen LogP contribution in [0.25, 0.3) is 0 Å². The molecule has 3 aliphatic rings. The number of urea groups is 1. The van der Waals surface area contributed by atoms with Crippen molar-refractivity contribution in [3.8, 4) is 0 Å². The Morgan fingerprint density at radius 2 is 1.73 bits per heavy atom. The fraction of sp³-hybridized carbons (Fsp3) is 0.619. The molecular formula is C21H26F3N3O3. The summed E-state index contributed by atoms with van der Waals surface area (Å²) >= 11 is 0. The average Bonchev–Trinajstić information content (AvgIpc) is 2.73. The second kappa shape index (κ2) is 8.45. The van der Waals surface area contributed by atoms with Gasteiger partial charge < -0.3 is 19.9 Å². The molecule has 0 spiro atoms. The number of ether oxygens (including phenoxy) is 1. The quantitative estimate of drug-likeness (QED) is 0.793. The van der Waals surface area contributed by atoms with Crippen molar-refractivity contribution in [1.82, 2.24) is 15.1 Å². The van der Waals surface area contributed by atoms with E-state index in [2.05, 4.69) is 5.32 Å². The molecule has 30 heavy (non-hydrogen) atoms. The molecule has 1 aromatic carbocycles. The highest BCUT2D eigenvalue weighted by Crippen LogP contribution is 2.30. The van der Waals surface area contributed by atoms with Gasteiger partial charge in [0.1, 0.15) is 6.61 Å². The van der Waals surface area contributed by atoms with Gasteiger partial charge in [0, 0.05) is 26.2 Å². The summed E-state index contributed by atoms with van der Waals surface area (Å²) in [5.74, 6) is 0.206. The summed E-state index contributed by atoms with van der Waals surface area (Å²) < 4.78 is 43.6. The number of rotatable bonds is 2. The summed E-state index contributed by atoms with van der Waals surface area (Å²) in [5.41, 5.74) is 0.262. The van der Waals surface area contributed by atoms with E-state index in [1.807, 2.05) is 4.90 Å². The number of alkyl halides is 3. The third-order valence-corrected chi connectivity index (χ3v) is 6.29. The van der Waals surface area contributed by atoms with Gasteiger partial charge in [0.15, 0.2) is 0 Å². The Labute approximate surface area is 173 Å². The number of carbonyl (C=O) groups excluding carboxylic acids is 2. The zero-order valence-corrected chi connectivity index (χ0v) is 16.7. The van der Waals surface area contributed by atoms with Crippen molar-refractivity contribution in [2.45, 2.75) is 44.0 Å². The Bertz CT molecular complexity index is 776. The summed E-state index contributed by atoms with van der Waals surface area (Å²) in [7, 11) is 0. The highest BCUT2D eigenvalue weighted by molar-refractivity contribution is 5.79. The Morgan fingerprint density at radius 1 is 1.07 bits per heavy atom. The van der Waals surface area contributed by atoms with Gasteiger partial charge in [-0.15, -0.1) is 0 Å². The summed E-state index contributed by atoms with van der Waals surface area (Å²) in [4.78, 5) is 28.1. The number of halogens is 3. The van der Waals surface area contributed by atoms with Crippen LogP contribution >= 0.6 is 0 Å². The van der Waals surface area contributed by atoms with E-state index >= 15 is 0 Å². The molecule has 0 radical (unpaired) electrons. The molecule has 0 aromatic heterocycles. The Morgan fingerprint density at radius 3 is 2.40 bits per heavy atom. The van der Waals surface area contributed by atoms with E-state index in [1.165, 1.54) is 0 Å². The number of nitrogens with zero attached hydrogens (tertiary/aromatic N) is 2. The number of hydrogen-bond donors (Lipinski definition) is 1. The van der Waals surface area contributed by atoms with Crippen LogP contribution < -0.4 is 5.32 Å². The number of morpholine rings is 1. The van der Waals surface area contributed by atoms with Crippen molar-refractivity contribution in [2.24, 2.45) is 5.92 Å². The molecule has 0 saturated carbocycles. The molecule has 0 unspecified atom stereocenters. The van der Waals surface area contributed by atoms with Gasteiger partial charge in [0.25, 0.3) is 0 Å². The van der Waals surface area contributed by atoms with Gasteiger partial charge in [0.2, 0.25) is 5.91 Å². The minimum Gasteiger partial charge on any atom is -0.366 e. The Balaban J connectivity index is 1.26. The SMILES string of the molecule is O=C1CO[C@@H]2CCN(C(=O)N3CCC(Cc4ccc(C(F)(F)F)cc4)CC3)C[C@H]2N1. The largest absolute Gasteiger partial charge is 0.416 e. The molecule has 3 saturated heterocycles. The minimum absolute atomic E-state index is 0.0127. The number of hydrogen-bond acceptors (Lipinski definition) is 3. The van der Waals surface area contributed by atoms with E-state index in [0.29, 0.717) is 38.5 Å². The fourth-order valence-electron chi connectivity index (χ4n) is 4.57. The molecule has 4 rings (SSSR count).